The van der Waals surface area contributed by atoms with Gasteiger partial charge >= 0.3 is 12.0 Å². The number of unbranched alkanes of at least 4 members (excludes halogenated alkanes) is 1. The molecule has 1 saturated carbocycles. The van der Waals surface area contributed by atoms with Gasteiger partial charge in [-0.05, 0) is 79.3 Å². The number of aromatic nitrogens is 2. The molecule has 0 radical (unpaired) electrons. The predicted molar refractivity (Wildman–Crippen MR) is 161 cm³/mol. The van der Waals surface area contributed by atoms with Crippen LogP contribution in [0.3, 0.4) is 0 Å². The molecule has 1 heterocycles. The average molecular weight is 539 g/mol. The van der Waals surface area contributed by atoms with E-state index in [4.69, 9.17) is 4.98 Å². The summed E-state index contributed by atoms with van der Waals surface area (Å²) in [7, 11) is 1.82. The highest BCUT2D eigenvalue weighted by molar-refractivity contribution is 5.97. The number of carbonyl (C=O) groups excluding carboxylic acids is 1. The number of nitrogens with one attached hydrogen (secondary N) is 1. The minimum Gasteiger partial charge on any atom is -0.478 e. The molecule has 5 rings (SSSR count). The molecule has 2 N–H and O–H groups in total. The van der Waals surface area contributed by atoms with E-state index in [0.29, 0.717) is 5.56 Å². The van der Waals surface area contributed by atoms with Crippen molar-refractivity contribution in [2.24, 2.45) is 0 Å². The van der Waals surface area contributed by atoms with Crippen molar-refractivity contribution < 1.29 is 14.7 Å². The second kappa shape index (κ2) is 11.9. The first kappa shape index (κ1) is 27.4. The maximum Gasteiger partial charge on any atom is 0.336 e. The van der Waals surface area contributed by atoms with Crippen LogP contribution in [0.15, 0.2) is 60.7 Å². The molecular weight excluding hydrogens is 500 g/mol. The van der Waals surface area contributed by atoms with Crippen molar-refractivity contribution >= 4 is 28.7 Å². The number of carboxylic acids is 1. The number of fused-ring (bicyclic) bond motifs is 1. The molecule has 40 heavy (non-hydrogen) atoms. The summed E-state index contributed by atoms with van der Waals surface area (Å²) in [6.45, 7) is 4.18. The molecule has 1 aromatic heterocycles. The highest BCUT2D eigenvalue weighted by atomic mass is 16.4. The van der Waals surface area contributed by atoms with Gasteiger partial charge in [0.2, 0.25) is 0 Å². The van der Waals surface area contributed by atoms with Crippen LogP contribution in [0.2, 0.25) is 0 Å². The first-order valence-electron chi connectivity index (χ1n) is 14.4. The maximum absolute atomic E-state index is 13.1. The van der Waals surface area contributed by atoms with Crippen LogP contribution in [0.1, 0.15) is 73.6 Å². The van der Waals surface area contributed by atoms with E-state index >= 15 is 0 Å². The zero-order valence-corrected chi connectivity index (χ0v) is 23.6. The Kier molecular flexibility index (Phi) is 8.19. The van der Waals surface area contributed by atoms with Crippen molar-refractivity contribution in [1.29, 1.82) is 0 Å². The number of hydrogen-bond acceptors (Lipinski definition) is 3. The van der Waals surface area contributed by atoms with Gasteiger partial charge in [-0.25, -0.2) is 14.6 Å². The molecule has 0 atom stereocenters. The van der Waals surface area contributed by atoms with E-state index in [1.807, 2.05) is 56.4 Å². The zero-order chi connectivity index (χ0) is 28.2. The van der Waals surface area contributed by atoms with Crippen LogP contribution in [0.4, 0.5) is 10.5 Å². The highest BCUT2D eigenvalue weighted by Crippen LogP contribution is 2.32. The first-order valence-corrected chi connectivity index (χ1v) is 14.4. The Morgan fingerprint density at radius 2 is 1.80 bits per heavy atom. The number of imidazole rings is 1. The fourth-order valence-electron chi connectivity index (χ4n) is 5.74. The SMILES string of the molecule is CCCCc1nc2ccc(N(C)C(=O)NC3CCCCC3)cc2n1-c1ccc(-c2ccccc2C(=O)O)c(C)c1. The van der Waals surface area contributed by atoms with Gasteiger partial charge in [0.25, 0.3) is 0 Å². The number of anilines is 1. The second-order valence-corrected chi connectivity index (χ2v) is 10.8. The van der Waals surface area contributed by atoms with Crippen molar-refractivity contribution in [3.8, 4) is 16.8 Å². The lowest BCUT2D eigenvalue weighted by Crippen LogP contribution is -2.43. The van der Waals surface area contributed by atoms with Crippen LogP contribution >= 0.6 is 0 Å². The zero-order valence-electron chi connectivity index (χ0n) is 23.6. The lowest BCUT2D eigenvalue weighted by molar-refractivity contribution is 0.0697. The van der Waals surface area contributed by atoms with Gasteiger partial charge in [0.05, 0.1) is 16.6 Å². The van der Waals surface area contributed by atoms with Crippen LogP contribution in [0, 0.1) is 6.92 Å². The summed E-state index contributed by atoms with van der Waals surface area (Å²) in [4.78, 5) is 31.6. The molecule has 0 saturated heterocycles. The molecule has 3 aromatic carbocycles. The standard InChI is InChI=1S/C33H38N4O3/c1-4-5-15-31-35-29-19-17-24(36(3)33(40)34-23-11-7-6-8-12-23)21-30(29)37(31)25-16-18-26(22(2)20-25)27-13-9-10-14-28(27)32(38)39/h9-10,13-14,16-21,23H,4-8,11-12,15H2,1-3H3,(H,34,40)(H,38,39). The summed E-state index contributed by atoms with van der Waals surface area (Å²) < 4.78 is 2.18. The molecule has 4 aromatic rings. The minimum atomic E-state index is -0.939. The van der Waals surface area contributed by atoms with Crippen LogP contribution in [0.25, 0.3) is 27.8 Å². The molecule has 7 heteroatoms. The highest BCUT2D eigenvalue weighted by Gasteiger charge is 2.21. The van der Waals surface area contributed by atoms with Gasteiger partial charge in [-0.2, -0.15) is 0 Å². The lowest BCUT2D eigenvalue weighted by atomic mass is 9.95. The molecule has 7 nitrogen and oxygen atoms in total. The van der Waals surface area contributed by atoms with Crippen LogP contribution in [0.5, 0.6) is 0 Å². The summed E-state index contributed by atoms with van der Waals surface area (Å²) in [5, 5.41) is 12.9. The number of urea groups is 1. The van der Waals surface area contributed by atoms with E-state index in [9.17, 15) is 14.7 Å². The van der Waals surface area contributed by atoms with Crippen molar-refractivity contribution in [3.63, 3.8) is 0 Å². The Morgan fingerprint density at radius 3 is 2.52 bits per heavy atom. The van der Waals surface area contributed by atoms with E-state index in [-0.39, 0.29) is 17.6 Å². The third-order valence-electron chi connectivity index (χ3n) is 8.00. The fraction of sp³-hybridized carbons (Fsp3) is 0.364. The maximum atomic E-state index is 13.1. The molecule has 1 fully saturated rings. The number of nitrogens with zero attached hydrogens (tertiary/aromatic N) is 3. The predicted octanol–water partition coefficient (Wildman–Crippen LogP) is 7.52. The molecule has 0 aliphatic heterocycles. The van der Waals surface area contributed by atoms with Crippen LogP contribution in [-0.2, 0) is 6.42 Å². The van der Waals surface area contributed by atoms with Crippen molar-refractivity contribution in [2.75, 3.05) is 11.9 Å². The van der Waals surface area contributed by atoms with Gasteiger partial charge in [0.1, 0.15) is 5.82 Å². The summed E-state index contributed by atoms with van der Waals surface area (Å²) in [5.74, 6) is 0.0344. The number of aromatic carboxylic acids is 1. The van der Waals surface area contributed by atoms with Crippen molar-refractivity contribution in [3.05, 3.63) is 77.6 Å². The molecule has 1 aliphatic rings. The molecular formula is C33H38N4O3. The fourth-order valence-corrected chi connectivity index (χ4v) is 5.74. The Balaban J connectivity index is 1.53. The number of carbonyl (C=O) groups is 2. The molecule has 208 valence electrons. The third-order valence-corrected chi connectivity index (χ3v) is 8.00. The quantitative estimate of drug-likeness (QED) is 0.243. The largest absolute Gasteiger partial charge is 0.478 e. The summed E-state index contributed by atoms with van der Waals surface area (Å²) >= 11 is 0. The third kappa shape index (κ3) is 5.60. The van der Waals surface area contributed by atoms with E-state index < -0.39 is 5.97 Å². The number of hydrogen-bond donors (Lipinski definition) is 2. The van der Waals surface area contributed by atoms with Gasteiger partial charge in [-0.1, -0.05) is 56.9 Å². The van der Waals surface area contributed by atoms with Crippen LogP contribution < -0.4 is 10.2 Å². The summed E-state index contributed by atoms with van der Waals surface area (Å²) in [6, 6.07) is 19.4. The summed E-state index contributed by atoms with van der Waals surface area (Å²) in [6.07, 6.45) is 8.57. The monoisotopic (exact) mass is 538 g/mol. The van der Waals surface area contributed by atoms with E-state index in [1.165, 1.54) is 19.3 Å². The number of amides is 2. The average Bonchev–Trinajstić information content (AvgIpc) is 3.33. The smallest absolute Gasteiger partial charge is 0.336 e. The van der Waals surface area contributed by atoms with E-state index in [2.05, 4.69) is 22.9 Å². The number of rotatable bonds is 8. The van der Waals surface area contributed by atoms with Gasteiger partial charge in [0, 0.05) is 30.9 Å². The molecule has 1 aliphatic carbocycles. The minimum absolute atomic E-state index is 0.0826. The Labute approximate surface area is 235 Å². The van der Waals surface area contributed by atoms with Crippen molar-refractivity contribution in [2.45, 2.75) is 71.3 Å². The lowest BCUT2D eigenvalue weighted by Gasteiger charge is -2.26. The normalized spacial score (nSPS) is 13.9. The van der Waals surface area contributed by atoms with Crippen LogP contribution in [-0.4, -0.2) is 39.7 Å². The molecule has 2 amide bonds. The second-order valence-electron chi connectivity index (χ2n) is 10.8. The Morgan fingerprint density at radius 1 is 1.02 bits per heavy atom. The topological polar surface area (TPSA) is 87.5 Å². The van der Waals surface area contributed by atoms with Gasteiger partial charge in [-0.15, -0.1) is 0 Å². The molecule has 0 bridgehead atoms. The number of aryl methyl sites for hydroxylation is 2. The number of carboxylic acid groups (broad SMARTS) is 1. The Hall–Kier alpha value is -4.13. The van der Waals surface area contributed by atoms with Gasteiger partial charge < -0.3 is 10.4 Å². The number of benzene rings is 3. The Bertz CT molecular complexity index is 1530. The molecule has 0 spiro atoms. The van der Waals surface area contributed by atoms with E-state index in [0.717, 1.165) is 71.5 Å². The van der Waals surface area contributed by atoms with Gasteiger partial charge in [-0.3, -0.25) is 9.47 Å². The summed E-state index contributed by atoms with van der Waals surface area (Å²) in [5.41, 5.74) is 6.47. The van der Waals surface area contributed by atoms with Crippen molar-refractivity contribution in [1.82, 2.24) is 14.9 Å². The van der Waals surface area contributed by atoms with Gasteiger partial charge in [0.15, 0.2) is 0 Å². The van der Waals surface area contributed by atoms with E-state index in [1.54, 1.807) is 17.0 Å². The first-order chi connectivity index (χ1) is 19.4. The molecule has 0 unspecified atom stereocenters.